The van der Waals surface area contributed by atoms with Crippen molar-refractivity contribution in [2.75, 3.05) is 26.7 Å². The van der Waals surface area contributed by atoms with Gasteiger partial charge in [0.1, 0.15) is 23.2 Å². The van der Waals surface area contributed by atoms with Crippen LogP contribution in [0, 0.1) is 5.92 Å². The Labute approximate surface area is 267 Å². The Bertz CT molecular complexity index is 1750. The summed E-state index contributed by atoms with van der Waals surface area (Å²) >= 11 is 0. The molecule has 2 aliphatic heterocycles. The van der Waals surface area contributed by atoms with Crippen LogP contribution in [0.3, 0.4) is 0 Å². The summed E-state index contributed by atoms with van der Waals surface area (Å²) in [5, 5.41) is 3.31. The number of fused-ring (bicyclic) bond motifs is 1. The van der Waals surface area contributed by atoms with Crippen LogP contribution in [-0.2, 0) is 32.7 Å². The third-order valence-corrected chi connectivity index (χ3v) is 9.38. The lowest BCUT2D eigenvalue weighted by atomic mass is 9.66. The molecule has 3 fully saturated rings. The second-order valence-electron chi connectivity index (χ2n) is 13.4. The Morgan fingerprint density at radius 3 is 2.46 bits per heavy atom. The van der Waals surface area contributed by atoms with Crippen LogP contribution >= 0.6 is 0 Å². The first kappa shape index (κ1) is 31.5. The van der Waals surface area contributed by atoms with Crippen molar-refractivity contribution in [2.45, 2.75) is 70.2 Å². The van der Waals surface area contributed by atoms with Crippen LogP contribution in [0.2, 0.25) is 0 Å². The summed E-state index contributed by atoms with van der Waals surface area (Å²) in [6.07, 6.45) is 0.435. The highest BCUT2D eigenvalue weighted by atomic mass is 16.6. The van der Waals surface area contributed by atoms with E-state index in [0.717, 1.165) is 11.1 Å². The van der Waals surface area contributed by atoms with Gasteiger partial charge in [0.25, 0.3) is 5.91 Å². The van der Waals surface area contributed by atoms with Gasteiger partial charge in [-0.15, -0.1) is 0 Å². The SMILES string of the molecule is COc1ccc(CN2C(=O)CCC(n3c(=O)n(C)c4c(C5CC(C6CNCCN6C(=O)OC(C)(C)C)C5=O)cccc43)C2=O)cc1. The van der Waals surface area contributed by atoms with Crippen LogP contribution in [0.15, 0.2) is 47.3 Å². The molecule has 244 valence electrons. The molecule has 1 N–H and O–H groups in total. The Hall–Kier alpha value is -4.45. The summed E-state index contributed by atoms with van der Waals surface area (Å²) in [4.78, 5) is 70.2. The number of amides is 3. The van der Waals surface area contributed by atoms with Crippen molar-refractivity contribution in [3.05, 3.63) is 64.1 Å². The highest BCUT2D eigenvalue weighted by Gasteiger charge is 2.49. The van der Waals surface area contributed by atoms with Crippen LogP contribution in [0.5, 0.6) is 5.75 Å². The average Bonchev–Trinajstić information content (AvgIpc) is 3.28. The molecule has 0 spiro atoms. The molecule has 4 atom stereocenters. The molecular formula is C34H41N5O7. The fourth-order valence-electron chi connectivity index (χ4n) is 7.04. The van der Waals surface area contributed by atoms with Crippen LogP contribution in [0.1, 0.15) is 63.1 Å². The van der Waals surface area contributed by atoms with Crippen molar-refractivity contribution in [3.8, 4) is 5.75 Å². The van der Waals surface area contributed by atoms with E-state index in [9.17, 15) is 24.0 Å². The Morgan fingerprint density at radius 1 is 1.04 bits per heavy atom. The molecule has 3 heterocycles. The number of aromatic nitrogens is 2. The van der Waals surface area contributed by atoms with E-state index in [1.807, 2.05) is 26.8 Å². The molecule has 1 saturated carbocycles. The fourth-order valence-corrected chi connectivity index (χ4v) is 7.04. The predicted molar refractivity (Wildman–Crippen MR) is 169 cm³/mol. The highest BCUT2D eigenvalue weighted by Crippen LogP contribution is 2.44. The molecule has 0 bridgehead atoms. The number of ether oxygens (including phenoxy) is 2. The lowest BCUT2D eigenvalue weighted by Crippen LogP contribution is -2.61. The fraction of sp³-hybridized carbons (Fsp3) is 0.500. The van der Waals surface area contributed by atoms with Crippen molar-refractivity contribution in [3.63, 3.8) is 0 Å². The first-order chi connectivity index (χ1) is 21.9. The standard InChI is InChI=1S/C34H41N5O7/c1-34(2,3)46-33(44)37-16-15-35-18-27(37)24-17-23(30(24)41)22-7-6-8-25-29(22)36(4)32(43)39(25)26-13-14-28(40)38(31(26)42)19-20-9-11-21(45-5)12-10-20/h6-12,23-24,26-27,35H,13-19H2,1-5H3. The number of hydrogen-bond acceptors (Lipinski definition) is 8. The minimum absolute atomic E-state index is 0.0139. The summed E-state index contributed by atoms with van der Waals surface area (Å²) in [6, 6.07) is 11.4. The number of imide groups is 1. The summed E-state index contributed by atoms with van der Waals surface area (Å²) in [7, 11) is 3.21. The molecule has 3 aliphatic rings. The number of methoxy groups -OCH3 is 1. The Kier molecular flexibility index (Phi) is 8.26. The number of para-hydroxylation sites is 1. The normalized spacial score (nSPS) is 23.9. The largest absolute Gasteiger partial charge is 0.497 e. The van der Waals surface area contributed by atoms with E-state index < -0.39 is 29.6 Å². The van der Waals surface area contributed by atoms with E-state index in [-0.39, 0.29) is 48.7 Å². The second-order valence-corrected chi connectivity index (χ2v) is 13.4. The minimum Gasteiger partial charge on any atom is -0.497 e. The van der Waals surface area contributed by atoms with Gasteiger partial charge in [0, 0.05) is 44.9 Å². The molecular weight excluding hydrogens is 590 g/mol. The molecule has 1 aromatic heterocycles. The quantitative estimate of drug-likeness (QED) is 0.411. The van der Waals surface area contributed by atoms with Crippen molar-refractivity contribution in [1.82, 2.24) is 24.3 Å². The third kappa shape index (κ3) is 5.59. The van der Waals surface area contributed by atoms with E-state index in [1.54, 1.807) is 55.5 Å². The molecule has 3 amide bonds. The Morgan fingerprint density at radius 2 is 1.78 bits per heavy atom. The number of hydrogen-bond donors (Lipinski definition) is 1. The number of ketones is 1. The average molecular weight is 632 g/mol. The van der Waals surface area contributed by atoms with E-state index in [0.29, 0.717) is 42.8 Å². The maximum absolute atomic E-state index is 13.8. The zero-order chi connectivity index (χ0) is 32.9. The van der Waals surface area contributed by atoms with E-state index in [2.05, 4.69) is 5.32 Å². The number of benzene rings is 2. The van der Waals surface area contributed by atoms with Gasteiger partial charge in [-0.3, -0.25) is 28.4 Å². The third-order valence-electron chi connectivity index (χ3n) is 9.38. The summed E-state index contributed by atoms with van der Waals surface area (Å²) in [6.45, 7) is 7.13. The number of nitrogens with zero attached hydrogens (tertiary/aromatic N) is 4. The number of Topliss-reactive ketones (excluding diaryl/α,β-unsaturated/α-hetero) is 1. The summed E-state index contributed by atoms with van der Waals surface area (Å²) in [5.41, 5.74) is 1.61. The van der Waals surface area contributed by atoms with Crippen molar-refractivity contribution in [1.29, 1.82) is 0 Å². The van der Waals surface area contributed by atoms with Gasteiger partial charge < -0.3 is 19.7 Å². The van der Waals surface area contributed by atoms with Gasteiger partial charge in [-0.2, -0.15) is 0 Å². The Balaban J connectivity index is 1.26. The minimum atomic E-state index is -0.858. The van der Waals surface area contributed by atoms with Gasteiger partial charge in [-0.1, -0.05) is 24.3 Å². The van der Waals surface area contributed by atoms with Gasteiger partial charge in [-0.05, 0) is 62.9 Å². The number of rotatable bonds is 6. The van der Waals surface area contributed by atoms with Crippen LogP contribution in [0.25, 0.3) is 11.0 Å². The van der Waals surface area contributed by atoms with Crippen LogP contribution in [0.4, 0.5) is 4.79 Å². The molecule has 6 rings (SSSR count). The molecule has 12 heteroatoms. The highest BCUT2D eigenvalue weighted by molar-refractivity contribution is 6.01. The number of piperidine rings is 1. The summed E-state index contributed by atoms with van der Waals surface area (Å²) < 4.78 is 13.8. The zero-order valence-electron chi connectivity index (χ0n) is 26.9. The molecule has 4 unspecified atom stereocenters. The van der Waals surface area contributed by atoms with E-state index in [4.69, 9.17) is 9.47 Å². The maximum atomic E-state index is 13.8. The summed E-state index contributed by atoms with van der Waals surface area (Å²) in [5.74, 6) is -0.846. The number of carbonyl (C=O) groups is 4. The van der Waals surface area contributed by atoms with Gasteiger partial charge in [0.2, 0.25) is 5.91 Å². The maximum Gasteiger partial charge on any atom is 0.410 e. The monoisotopic (exact) mass is 631 g/mol. The van der Waals surface area contributed by atoms with Crippen molar-refractivity contribution >= 4 is 34.7 Å². The van der Waals surface area contributed by atoms with Gasteiger partial charge >= 0.3 is 11.8 Å². The number of carbonyl (C=O) groups excluding carboxylic acids is 4. The van der Waals surface area contributed by atoms with Gasteiger partial charge in [-0.25, -0.2) is 9.59 Å². The molecule has 12 nitrogen and oxygen atoms in total. The molecule has 2 aromatic carbocycles. The van der Waals surface area contributed by atoms with Crippen molar-refractivity contribution in [2.24, 2.45) is 13.0 Å². The number of piperazine rings is 1. The first-order valence-corrected chi connectivity index (χ1v) is 15.8. The molecule has 3 aromatic rings. The first-order valence-electron chi connectivity index (χ1n) is 15.8. The van der Waals surface area contributed by atoms with Gasteiger partial charge in [0.15, 0.2) is 0 Å². The smallest absolute Gasteiger partial charge is 0.410 e. The lowest BCUT2D eigenvalue weighted by Gasteiger charge is -2.46. The van der Waals surface area contributed by atoms with Crippen molar-refractivity contribution < 1.29 is 28.7 Å². The molecule has 1 aliphatic carbocycles. The van der Waals surface area contributed by atoms with E-state index in [1.165, 1.54) is 14.0 Å². The predicted octanol–water partition coefficient (Wildman–Crippen LogP) is 3.12. The topological polar surface area (TPSA) is 132 Å². The number of likely N-dealkylation sites (tertiary alicyclic amines) is 1. The second kappa shape index (κ2) is 12.1. The molecule has 46 heavy (non-hydrogen) atoms. The number of aryl methyl sites for hydroxylation is 1. The molecule has 2 saturated heterocycles. The zero-order valence-corrected chi connectivity index (χ0v) is 26.9. The van der Waals surface area contributed by atoms with Gasteiger partial charge in [0.05, 0.1) is 30.7 Å². The van der Waals surface area contributed by atoms with E-state index >= 15 is 0 Å². The van der Waals surface area contributed by atoms with Crippen LogP contribution < -0.4 is 15.7 Å². The molecule has 0 radical (unpaired) electrons. The number of nitrogens with one attached hydrogen (secondary N) is 1. The van der Waals surface area contributed by atoms with Crippen LogP contribution in [-0.4, -0.2) is 81.0 Å². The lowest BCUT2D eigenvalue weighted by molar-refractivity contribution is -0.151. The number of imidazole rings is 1.